The Morgan fingerprint density at radius 3 is 2.56 bits per heavy atom. The second kappa shape index (κ2) is 8.68. The predicted octanol–water partition coefficient (Wildman–Crippen LogP) is 3.46. The maximum atomic E-state index is 14.9. The van der Waals surface area contributed by atoms with Gasteiger partial charge in [0, 0.05) is 23.8 Å². The summed E-state index contributed by atoms with van der Waals surface area (Å²) >= 11 is 0. The van der Waals surface area contributed by atoms with Crippen LogP contribution in [0.2, 0.25) is 0 Å². The molecule has 0 radical (unpaired) electrons. The first-order chi connectivity index (χ1) is 15.3. The molecule has 0 unspecified atom stereocenters. The average molecular weight is 444 g/mol. The number of alkyl halides is 2. The Labute approximate surface area is 184 Å². The van der Waals surface area contributed by atoms with E-state index in [0.29, 0.717) is 29.2 Å². The average Bonchev–Trinajstić information content (AvgIpc) is 3.28. The Balaban J connectivity index is 1.73. The summed E-state index contributed by atoms with van der Waals surface area (Å²) in [4.78, 5) is 35.5. The van der Waals surface area contributed by atoms with Crippen molar-refractivity contribution < 1.29 is 18.4 Å². The summed E-state index contributed by atoms with van der Waals surface area (Å²) < 4.78 is 29.8. The molecule has 1 aromatic heterocycles. The molecule has 0 spiro atoms. The number of anilines is 4. The van der Waals surface area contributed by atoms with Crippen LogP contribution < -0.4 is 20.9 Å². The summed E-state index contributed by atoms with van der Waals surface area (Å²) in [6, 6.07) is 6.35. The fourth-order valence-electron chi connectivity index (χ4n) is 4.30. The summed E-state index contributed by atoms with van der Waals surface area (Å²) in [7, 11) is 0. The quantitative estimate of drug-likeness (QED) is 0.707. The van der Waals surface area contributed by atoms with E-state index in [4.69, 9.17) is 5.73 Å². The number of benzene rings is 1. The van der Waals surface area contributed by atoms with Crippen LogP contribution in [0.4, 0.5) is 31.9 Å². The number of fused-ring (bicyclic) bond motifs is 1. The molecule has 4 rings (SSSR count). The molecular formula is C22H26F2N6O2. The molecule has 1 fully saturated rings. The molecule has 3 N–H and O–H groups in total. The third-order valence-electron chi connectivity index (χ3n) is 5.88. The number of amides is 2. The van der Waals surface area contributed by atoms with Gasteiger partial charge in [-0.15, -0.1) is 0 Å². The van der Waals surface area contributed by atoms with Crippen LogP contribution in [0.5, 0.6) is 0 Å². The number of nitrogens with one attached hydrogen (secondary N) is 1. The van der Waals surface area contributed by atoms with Crippen molar-refractivity contribution in [3.63, 3.8) is 0 Å². The molecule has 0 bridgehead atoms. The van der Waals surface area contributed by atoms with Crippen LogP contribution in [0.1, 0.15) is 49.4 Å². The third kappa shape index (κ3) is 4.21. The smallest absolute Gasteiger partial charge is 0.342 e. The lowest BCUT2D eigenvalue weighted by Gasteiger charge is -2.31. The van der Waals surface area contributed by atoms with Crippen LogP contribution in [-0.2, 0) is 4.79 Å². The van der Waals surface area contributed by atoms with E-state index in [1.165, 1.54) is 6.20 Å². The number of rotatable bonds is 6. The first-order valence-electron chi connectivity index (χ1n) is 10.8. The zero-order chi connectivity index (χ0) is 22.9. The van der Waals surface area contributed by atoms with E-state index < -0.39 is 24.3 Å². The molecule has 2 aromatic rings. The van der Waals surface area contributed by atoms with Crippen molar-refractivity contribution in [3.8, 4) is 0 Å². The second-order valence-electron chi connectivity index (χ2n) is 8.20. The minimum Gasteiger partial charge on any atom is -0.366 e. The number of aromatic nitrogens is 2. The van der Waals surface area contributed by atoms with Crippen molar-refractivity contribution >= 4 is 35.0 Å². The molecule has 1 aliphatic carbocycles. The summed E-state index contributed by atoms with van der Waals surface area (Å²) in [6.07, 6.45) is 5.42. The van der Waals surface area contributed by atoms with Gasteiger partial charge in [-0.1, -0.05) is 19.8 Å². The molecular weight excluding hydrogens is 418 g/mol. The Morgan fingerprint density at radius 1 is 1.25 bits per heavy atom. The highest BCUT2D eigenvalue weighted by atomic mass is 19.3. The van der Waals surface area contributed by atoms with E-state index in [1.54, 1.807) is 29.2 Å². The number of primary amides is 1. The van der Waals surface area contributed by atoms with E-state index >= 15 is 0 Å². The molecule has 10 heteroatoms. The molecule has 1 aromatic carbocycles. The molecule has 2 aliphatic rings. The Kier molecular flexibility index (Phi) is 5.94. The highest BCUT2D eigenvalue weighted by Gasteiger charge is 2.49. The minimum atomic E-state index is -3.52. The molecule has 32 heavy (non-hydrogen) atoms. The number of nitrogens with zero attached hydrogens (tertiary/aromatic N) is 4. The van der Waals surface area contributed by atoms with Crippen LogP contribution in [0.15, 0.2) is 30.5 Å². The zero-order valence-electron chi connectivity index (χ0n) is 17.9. The number of nitrogens with two attached hydrogens (primary N) is 1. The topological polar surface area (TPSA) is 104 Å². The van der Waals surface area contributed by atoms with Crippen molar-refractivity contribution in [3.05, 3.63) is 36.0 Å². The summed E-state index contributed by atoms with van der Waals surface area (Å²) in [5, 5.41) is 3.04. The molecule has 1 aliphatic heterocycles. The van der Waals surface area contributed by atoms with Gasteiger partial charge in [0.2, 0.25) is 11.9 Å². The van der Waals surface area contributed by atoms with Crippen LogP contribution in [0.25, 0.3) is 0 Å². The van der Waals surface area contributed by atoms with Gasteiger partial charge in [0.25, 0.3) is 5.91 Å². The zero-order valence-corrected chi connectivity index (χ0v) is 17.9. The lowest BCUT2D eigenvalue weighted by Crippen LogP contribution is -2.49. The van der Waals surface area contributed by atoms with Crippen LogP contribution in [0.3, 0.4) is 0 Å². The van der Waals surface area contributed by atoms with Crippen molar-refractivity contribution in [2.24, 2.45) is 5.73 Å². The fourth-order valence-corrected chi connectivity index (χ4v) is 4.30. The van der Waals surface area contributed by atoms with Gasteiger partial charge < -0.3 is 20.9 Å². The molecule has 8 nitrogen and oxygen atoms in total. The number of hydrogen-bond acceptors (Lipinski definition) is 6. The largest absolute Gasteiger partial charge is 0.366 e. The first kappa shape index (κ1) is 21.9. The van der Waals surface area contributed by atoms with Gasteiger partial charge in [-0.25, -0.2) is 4.98 Å². The Bertz CT molecular complexity index is 1010. The van der Waals surface area contributed by atoms with Gasteiger partial charge in [0.1, 0.15) is 5.69 Å². The summed E-state index contributed by atoms with van der Waals surface area (Å²) in [5.41, 5.74) is 6.55. The first-order valence-corrected chi connectivity index (χ1v) is 10.8. The summed E-state index contributed by atoms with van der Waals surface area (Å²) in [6.45, 7) is 1.29. The van der Waals surface area contributed by atoms with Gasteiger partial charge in [0.05, 0.1) is 12.7 Å². The van der Waals surface area contributed by atoms with E-state index in [-0.39, 0.29) is 18.5 Å². The number of carbonyl (C=O) groups is 2. The van der Waals surface area contributed by atoms with E-state index in [2.05, 4.69) is 15.3 Å². The van der Waals surface area contributed by atoms with Gasteiger partial charge in [-0.2, -0.15) is 13.8 Å². The fraction of sp³-hybridized carbons (Fsp3) is 0.455. The van der Waals surface area contributed by atoms with Gasteiger partial charge in [0.15, 0.2) is 5.82 Å². The lowest BCUT2D eigenvalue weighted by atomic mass is 10.2. The van der Waals surface area contributed by atoms with Crippen molar-refractivity contribution in [2.75, 3.05) is 28.2 Å². The number of carbonyl (C=O) groups excluding carboxylic acids is 2. The van der Waals surface area contributed by atoms with Crippen LogP contribution in [-0.4, -0.2) is 46.8 Å². The maximum absolute atomic E-state index is 14.9. The highest BCUT2D eigenvalue weighted by molar-refractivity contribution is 6.02. The monoisotopic (exact) mass is 444 g/mol. The molecule has 2 amide bonds. The maximum Gasteiger partial charge on any atom is 0.342 e. The standard InChI is InChI=1S/C22H26F2N6O2/c1-2-11-29-17-12-26-21(27-15-9-7-14(8-10-15)18(25)31)28-19(17)30(16-5-3-4-6-16)13-22(23,24)20(29)32/h7-10,12,16H,2-6,11,13H2,1H3,(H2,25,31)(H,26,27,28). The molecule has 2 heterocycles. The predicted molar refractivity (Wildman–Crippen MR) is 117 cm³/mol. The van der Waals surface area contributed by atoms with E-state index in [0.717, 1.165) is 30.6 Å². The summed E-state index contributed by atoms with van der Waals surface area (Å²) in [5.74, 6) is -4.72. The number of hydrogen-bond donors (Lipinski definition) is 2. The SMILES string of the molecule is CCCN1C(=O)C(F)(F)CN(C2CCCC2)c2nc(Nc3ccc(C(N)=O)cc3)ncc21. The van der Waals surface area contributed by atoms with Gasteiger partial charge >= 0.3 is 5.92 Å². The Hall–Kier alpha value is -3.30. The van der Waals surface area contributed by atoms with Gasteiger partial charge in [-0.3, -0.25) is 9.59 Å². The van der Waals surface area contributed by atoms with Crippen LogP contribution in [0, 0.1) is 0 Å². The molecule has 170 valence electrons. The van der Waals surface area contributed by atoms with Crippen LogP contribution >= 0.6 is 0 Å². The Morgan fingerprint density at radius 2 is 1.94 bits per heavy atom. The molecule has 0 atom stereocenters. The van der Waals surface area contributed by atoms with E-state index in [1.807, 2.05) is 6.92 Å². The van der Waals surface area contributed by atoms with Crippen molar-refractivity contribution in [1.82, 2.24) is 9.97 Å². The van der Waals surface area contributed by atoms with Crippen molar-refractivity contribution in [2.45, 2.75) is 51.0 Å². The normalized spacial score (nSPS) is 18.4. The number of halogens is 2. The lowest BCUT2D eigenvalue weighted by molar-refractivity contribution is -0.141. The molecule has 1 saturated carbocycles. The van der Waals surface area contributed by atoms with Gasteiger partial charge in [-0.05, 0) is 43.5 Å². The second-order valence-corrected chi connectivity index (χ2v) is 8.20. The van der Waals surface area contributed by atoms with Crippen molar-refractivity contribution in [1.29, 1.82) is 0 Å². The van der Waals surface area contributed by atoms with E-state index in [9.17, 15) is 18.4 Å². The third-order valence-corrected chi connectivity index (χ3v) is 5.88. The molecule has 0 saturated heterocycles. The highest BCUT2D eigenvalue weighted by Crippen LogP contribution is 2.40. The minimum absolute atomic E-state index is 0.105.